The highest BCUT2D eigenvalue weighted by molar-refractivity contribution is 5.96. The SMILES string of the molecule is COc1ccc(C(=O)N2CCC3(CC2)CC(C(=O)Nc2ccccc2)N(C)C3)c(C)c1. The second-order valence-electron chi connectivity index (χ2n) is 8.96. The highest BCUT2D eigenvalue weighted by Gasteiger charge is 2.47. The van der Waals surface area contributed by atoms with Crippen LogP contribution in [0.1, 0.15) is 35.2 Å². The number of hydrogen-bond acceptors (Lipinski definition) is 4. The van der Waals surface area contributed by atoms with Gasteiger partial charge >= 0.3 is 0 Å². The predicted octanol–water partition coefficient (Wildman–Crippen LogP) is 3.57. The van der Waals surface area contributed by atoms with Gasteiger partial charge in [-0.2, -0.15) is 0 Å². The smallest absolute Gasteiger partial charge is 0.254 e. The third kappa shape index (κ3) is 4.44. The molecule has 0 bridgehead atoms. The number of para-hydroxylation sites is 1. The third-order valence-corrected chi connectivity index (χ3v) is 6.86. The molecule has 1 unspecified atom stereocenters. The van der Waals surface area contributed by atoms with Gasteiger partial charge in [-0.05, 0) is 74.5 Å². The van der Waals surface area contributed by atoms with Crippen molar-refractivity contribution in [2.75, 3.05) is 39.1 Å². The first-order chi connectivity index (χ1) is 14.9. The van der Waals surface area contributed by atoms with Crippen molar-refractivity contribution in [2.45, 2.75) is 32.2 Å². The lowest BCUT2D eigenvalue weighted by Crippen LogP contribution is -2.44. The number of carbonyl (C=O) groups is 2. The summed E-state index contributed by atoms with van der Waals surface area (Å²) >= 11 is 0. The normalized spacial score (nSPS) is 20.6. The second-order valence-corrected chi connectivity index (χ2v) is 8.96. The van der Waals surface area contributed by atoms with Crippen molar-refractivity contribution in [2.24, 2.45) is 5.41 Å². The molecular formula is C25H31N3O3. The molecule has 0 saturated carbocycles. The fourth-order valence-electron chi connectivity index (χ4n) is 5.03. The number of aryl methyl sites for hydroxylation is 1. The van der Waals surface area contributed by atoms with Gasteiger partial charge in [0.25, 0.3) is 5.91 Å². The van der Waals surface area contributed by atoms with E-state index in [1.54, 1.807) is 7.11 Å². The highest BCUT2D eigenvalue weighted by Crippen LogP contribution is 2.43. The van der Waals surface area contributed by atoms with Gasteiger partial charge in [0.05, 0.1) is 13.2 Å². The summed E-state index contributed by atoms with van der Waals surface area (Å²) < 4.78 is 5.25. The number of methoxy groups -OCH3 is 1. The first kappa shape index (κ1) is 21.4. The molecule has 2 aromatic carbocycles. The Morgan fingerprint density at radius 1 is 1.10 bits per heavy atom. The van der Waals surface area contributed by atoms with Gasteiger partial charge in [-0.3, -0.25) is 14.5 Å². The first-order valence-corrected chi connectivity index (χ1v) is 10.9. The molecule has 6 nitrogen and oxygen atoms in total. The van der Waals surface area contributed by atoms with Crippen molar-refractivity contribution < 1.29 is 14.3 Å². The molecule has 2 heterocycles. The number of nitrogens with zero attached hydrogens (tertiary/aromatic N) is 2. The molecule has 4 rings (SSSR count). The number of carbonyl (C=O) groups excluding carboxylic acids is 2. The summed E-state index contributed by atoms with van der Waals surface area (Å²) in [6.45, 7) is 4.29. The summed E-state index contributed by atoms with van der Waals surface area (Å²) in [6.07, 6.45) is 2.69. The largest absolute Gasteiger partial charge is 0.497 e. The van der Waals surface area contributed by atoms with E-state index in [4.69, 9.17) is 4.74 Å². The van der Waals surface area contributed by atoms with Crippen LogP contribution < -0.4 is 10.1 Å². The van der Waals surface area contributed by atoms with E-state index in [-0.39, 0.29) is 23.3 Å². The summed E-state index contributed by atoms with van der Waals surface area (Å²) in [4.78, 5) is 30.1. The number of benzene rings is 2. The summed E-state index contributed by atoms with van der Waals surface area (Å²) in [7, 11) is 3.66. The highest BCUT2D eigenvalue weighted by atomic mass is 16.5. The quantitative estimate of drug-likeness (QED) is 0.820. The van der Waals surface area contributed by atoms with Gasteiger partial charge in [0.15, 0.2) is 0 Å². The molecule has 1 atom stereocenters. The number of anilines is 1. The molecule has 0 radical (unpaired) electrons. The molecule has 164 valence electrons. The van der Waals surface area contributed by atoms with Gasteiger partial charge in [-0.1, -0.05) is 18.2 Å². The molecule has 0 aromatic heterocycles. The molecule has 2 aliphatic rings. The summed E-state index contributed by atoms with van der Waals surface area (Å²) in [5.74, 6) is 0.901. The second kappa shape index (κ2) is 8.71. The van der Waals surface area contributed by atoms with Crippen LogP contribution in [-0.4, -0.2) is 61.4 Å². The fraction of sp³-hybridized carbons (Fsp3) is 0.440. The Bertz CT molecular complexity index is 952. The van der Waals surface area contributed by atoms with Crippen molar-refractivity contribution in [1.82, 2.24) is 9.80 Å². The summed E-state index contributed by atoms with van der Waals surface area (Å²) in [5, 5.41) is 3.04. The van der Waals surface area contributed by atoms with Crippen LogP contribution in [-0.2, 0) is 4.79 Å². The molecule has 2 fully saturated rings. The van der Waals surface area contributed by atoms with E-state index in [1.165, 1.54) is 0 Å². The van der Waals surface area contributed by atoms with E-state index in [2.05, 4.69) is 10.2 Å². The Labute approximate surface area is 184 Å². The maximum atomic E-state index is 13.1. The van der Waals surface area contributed by atoms with Crippen molar-refractivity contribution in [1.29, 1.82) is 0 Å². The minimum atomic E-state index is -0.133. The minimum absolute atomic E-state index is 0.0536. The van der Waals surface area contributed by atoms with Gasteiger partial charge in [-0.25, -0.2) is 0 Å². The van der Waals surface area contributed by atoms with E-state index in [0.717, 1.165) is 61.5 Å². The van der Waals surface area contributed by atoms with Crippen molar-refractivity contribution in [3.05, 3.63) is 59.7 Å². The van der Waals surface area contributed by atoms with Crippen LogP contribution in [0.3, 0.4) is 0 Å². The molecule has 6 heteroatoms. The lowest BCUT2D eigenvalue weighted by Gasteiger charge is -2.39. The molecular weight excluding hydrogens is 390 g/mol. The molecule has 31 heavy (non-hydrogen) atoms. The molecule has 1 N–H and O–H groups in total. The standard InChI is InChI=1S/C25H31N3O3/c1-18-15-20(31-3)9-10-21(18)24(30)28-13-11-25(12-14-28)16-22(27(2)17-25)23(29)26-19-7-5-4-6-8-19/h4-10,15,22H,11-14,16-17H2,1-3H3,(H,26,29). The lowest BCUT2D eigenvalue weighted by molar-refractivity contribution is -0.120. The Morgan fingerprint density at radius 3 is 2.45 bits per heavy atom. The number of hydrogen-bond donors (Lipinski definition) is 1. The maximum Gasteiger partial charge on any atom is 0.254 e. The predicted molar refractivity (Wildman–Crippen MR) is 121 cm³/mol. The van der Waals surface area contributed by atoms with E-state index < -0.39 is 0 Å². The minimum Gasteiger partial charge on any atom is -0.497 e. The fourth-order valence-corrected chi connectivity index (χ4v) is 5.03. The number of piperidine rings is 1. The Hall–Kier alpha value is -2.86. The molecule has 2 amide bonds. The number of amides is 2. The van der Waals surface area contributed by atoms with Crippen LogP contribution in [0.15, 0.2) is 48.5 Å². The maximum absolute atomic E-state index is 13.1. The zero-order valence-electron chi connectivity index (χ0n) is 18.6. The van der Waals surface area contributed by atoms with Gasteiger partial charge in [-0.15, -0.1) is 0 Å². The molecule has 1 spiro atoms. The zero-order valence-corrected chi connectivity index (χ0v) is 18.6. The first-order valence-electron chi connectivity index (χ1n) is 10.9. The van der Waals surface area contributed by atoms with Crippen LogP contribution >= 0.6 is 0 Å². The van der Waals surface area contributed by atoms with Crippen molar-refractivity contribution >= 4 is 17.5 Å². The Balaban J connectivity index is 1.38. The lowest BCUT2D eigenvalue weighted by atomic mass is 9.76. The topological polar surface area (TPSA) is 61.9 Å². The molecule has 0 aliphatic carbocycles. The molecule has 2 saturated heterocycles. The third-order valence-electron chi connectivity index (χ3n) is 6.86. The van der Waals surface area contributed by atoms with Crippen LogP contribution in [0.2, 0.25) is 0 Å². The van der Waals surface area contributed by atoms with Gasteiger partial charge in [0, 0.05) is 30.9 Å². The van der Waals surface area contributed by atoms with Crippen LogP contribution in [0.4, 0.5) is 5.69 Å². The summed E-state index contributed by atoms with van der Waals surface area (Å²) in [6, 6.07) is 15.1. The number of ether oxygens (including phenoxy) is 1. The van der Waals surface area contributed by atoms with Crippen LogP contribution in [0.25, 0.3) is 0 Å². The monoisotopic (exact) mass is 421 g/mol. The zero-order chi connectivity index (χ0) is 22.0. The Kier molecular flexibility index (Phi) is 6.01. The van der Waals surface area contributed by atoms with Gasteiger partial charge < -0.3 is 15.0 Å². The average molecular weight is 422 g/mol. The number of nitrogens with one attached hydrogen (secondary N) is 1. The summed E-state index contributed by atoms with van der Waals surface area (Å²) in [5.41, 5.74) is 2.60. The van der Waals surface area contributed by atoms with Gasteiger partial charge in [0.2, 0.25) is 5.91 Å². The molecule has 2 aromatic rings. The molecule has 2 aliphatic heterocycles. The van der Waals surface area contributed by atoms with Crippen molar-refractivity contribution in [3.63, 3.8) is 0 Å². The van der Waals surface area contributed by atoms with Gasteiger partial charge in [0.1, 0.15) is 5.75 Å². The average Bonchev–Trinajstić information content (AvgIpc) is 3.10. The van der Waals surface area contributed by atoms with E-state index in [0.29, 0.717) is 0 Å². The van der Waals surface area contributed by atoms with E-state index >= 15 is 0 Å². The number of rotatable bonds is 4. The van der Waals surface area contributed by atoms with Crippen LogP contribution in [0.5, 0.6) is 5.75 Å². The number of likely N-dealkylation sites (tertiary alicyclic amines) is 2. The number of likely N-dealkylation sites (N-methyl/N-ethyl adjacent to an activating group) is 1. The van der Waals surface area contributed by atoms with Crippen molar-refractivity contribution in [3.8, 4) is 5.75 Å². The van der Waals surface area contributed by atoms with E-state index in [1.807, 2.05) is 67.4 Å². The Morgan fingerprint density at radius 2 is 1.81 bits per heavy atom. The van der Waals surface area contributed by atoms with E-state index in [9.17, 15) is 9.59 Å². The van der Waals surface area contributed by atoms with Crippen LogP contribution in [0, 0.1) is 12.3 Å².